The van der Waals surface area contributed by atoms with Gasteiger partial charge in [0, 0.05) is 0 Å². The van der Waals surface area contributed by atoms with Crippen LogP contribution in [0.25, 0.3) is 0 Å². The maximum atomic E-state index is 13.4. The van der Waals surface area contributed by atoms with Crippen molar-refractivity contribution in [3.05, 3.63) is 35.6 Å². The van der Waals surface area contributed by atoms with E-state index in [1.807, 2.05) is 19.1 Å². The topological polar surface area (TPSA) is 21.6 Å². The molecule has 3 heteroatoms. The molecule has 2 nitrogen and oxygen atoms in total. The van der Waals surface area contributed by atoms with E-state index in [-0.39, 0.29) is 17.8 Å². The number of halogens is 1. The number of hydrogen-bond donors (Lipinski definition) is 0. The Kier molecular flexibility index (Phi) is 2.99. The van der Waals surface area contributed by atoms with E-state index < -0.39 is 0 Å². The number of ether oxygens (including phenoxy) is 1. The average molecular weight is 206 g/mol. The molecule has 0 spiro atoms. The molecule has 0 fully saturated rings. The van der Waals surface area contributed by atoms with Crippen molar-refractivity contribution in [2.45, 2.75) is 25.3 Å². The van der Waals surface area contributed by atoms with Gasteiger partial charge in [-0.3, -0.25) is 0 Å². The molecule has 1 aromatic rings. The van der Waals surface area contributed by atoms with E-state index in [0.29, 0.717) is 6.61 Å². The van der Waals surface area contributed by atoms with Crippen LogP contribution in [0.2, 0.25) is 0 Å². The smallest absolute Gasteiger partial charge is 0.273 e. The molecule has 0 aliphatic carbocycles. The first-order valence-electron chi connectivity index (χ1n) is 5.08. The Morgan fingerprint density at radius 3 is 3.07 bits per heavy atom. The third-order valence-corrected chi connectivity index (χ3v) is 2.64. The van der Waals surface area contributed by atoms with Gasteiger partial charge in [-0.2, -0.15) is 0 Å². The van der Waals surface area contributed by atoms with Gasteiger partial charge in [-0.15, -0.1) is 0 Å². The summed E-state index contributed by atoms with van der Waals surface area (Å²) in [4.78, 5) is 4.04. The van der Waals surface area contributed by atoms with Crippen molar-refractivity contribution in [3.8, 4) is 0 Å². The Morgan fingerprint density at radius 2 is 2.40 bits per heavy atom. The van der Waals surface area contributed by atoms with Gasteiger partial charge in [0.2, 0.25) is 0 Å². The summed E-state index contributed by atoms with van der Waals surface area (Å²) in [6.45, 7) is 2.57. The van der Waals surface area contributed by atoms with Gasteiger partial charge in [-0.1, -0.05) is 25.1 Å². The number of hydrogen-bond acceptors (Lipinski definition) is 2. The molecule has 2 rings (SSSR count). The highest BCUT2D eigenvalue weighted by Crippen LogP contribution is 2.24. The summed E-state index contributed by atoms with van der Waals surface area (Å²) in [6, 6.07) is 7.00. The molecular weight excluding hydrogens is 193 g/mol. The second-order valence-corrected chi connectivity index (χ2v) is 3.84. The van der Waals surface area contributed by atoms with Crippen molar-refractivity contribution in [2.75, 3.05) is 6.61 Å². The number of aliphatic imine (C=N–C) groups is 1. The van der Waals surface area contributed by atoms with Crippen LogP contribution in [0.15, 0.2) is 29.3 Å². The molecular formula is C12H13FNO. The fourth-order valence-corrected chi connectivity index (χ4v) is 1.81. The molecule has 2 unspecified atom stereocenters. The Labute approximate surface area is 88.8 Å². The summed E-state index contributed by atoms with van der Waals surface area (Å²) >= 11 is 0. The van der Waals surface area contributed by atoms with E-state index in [0.717, 1.165) is 12.0 Å². The van der Waals surface area contributed by atoms with Gasteiger partial charge in [-0.25, -0.2) is 9.38 Å². The van der Waals surface area contributed by atoms with Gasteiger partial charge in [-0.05, 0) is 24.0 Å². The van der Waals surface area contributed by atoms with Crippen LogP contribution in [0, 0.1) is 5.82 Å². The van der Waals surface area contributed by atoms with E-state index in [4.69, 9.17) is 4.74 Å². The molecule has 2 atom stereocenters. The second-order valence-electron chi connectivity index (χ2n) is 3.84. The van der Waals surface area contributed by atoms with Crippen LogP contribution in [-0.2, 0) is 4.74 Å². The van der Waals surface area contributed by atoms with Crippen LogP contribution in [0.1, 0.15) is 24.8 Å². The minimum atomic E-state index is -0.142. The highest BCUT2D eigenvalue weighted by molar-refractivity contribution is 5.49. The summed E-state index contributed by atoms with van der Waals surface area (Å²) in [5.41, 5.74) is 0.750. The zero-order valence-corrected chi connectivity index (χ0v) is 8.61. The monoisotopic (exact) mass is 206 g/mol. The molecule has 1 heterocycles. The molecule has 1 aliphatic heterocycles. The SMILES string of the molecule is CC(CC1CO[C]=N1)c1ccccc1F. The lowest BCUT2D eigenvalue weighted by molar-refractivity contribution is 0.316. The highest BCUT2D eigenvalue weighted by Gasteiger charge is 2.19. The van der Waals surface area contributed by atoms with Gasteiger partial charge in [0.15, 0.2) is 0 Å². The molecule has 79 valence electrons. The quantitative estimate of drug-likeness (QED) is 0.745. The third kappa shape index (κ3) is 2.35. The number of rotatable bonds is 3. The van der Waals surface area contributed by atoms with Crippen molar-refractivity contribution in [2.24, 2.45) is 4.99 Å². The van der Waals surface area contributed by atoms with Crippen molar-refractivity contribution in [1.82, 2.24) is 0 Å². The van der Waals surface area contributed by atoms with Gasteiger partial charge >= 0.3 is 0 Å². The summed E-state index contributed by atoms with van der Waals surface area (Å²) in [6.07, 6.45) is 3.27. The lowest BCUT2D eigenvalue weighted by atomic mass is 9.94. The minimum absolute atomic E-state index is 0.125. The fraction of sp³-hybridized carbons (Fsp3) is 0.417. The normalized spacial score (nSPS) is 21.3. The average Bonchev–Trinajstić information content (AvgIpc) is 2.71. The van der Waals surface area contributed by atoms with E-state index >= 15 is 0 Å². The lowest BCUT2D eigenvalue weighted by Crippen LogP contribution is -2.11. The van der Waals surface area contributed by atoms with Crippen LogP contribution in [0.4, 0.5) is 4.39 Å². The molecule has 1 aromatic carbocycles. The number of nitrogens with zero attached hydrogens (tertiary/aromatic N) is 1. The van der Waals surface area contributed by atoms with Gasteiger partial charge in [0.25, 0.3) is 6.40 Å². The fourth-order valence-electron chi connectivity index (χ4n) is 1.81. The largest absolute Gasteiger partial charge is 0.472 e. The maximum Gasteiger partial charge on any atom is 0.273 e. The molecule has 1 radical (unpaired) electrons. The summed E-state index contributed by atoms with van der Waals surface area (Å²) in [5.74, 6) is 0.0142. The Bertz CT molecular complexity index is 364. The lowest BCUT2D eigenvalue weighted by Gasteiger charge is -2.14. The van der Waals surface area contributed by atoms with Crippen LogP contribution in [0.5, 0.6) is 0 Å². The first-order valence-corrected chi connectivity index (χ1v) is 5.08. The molecule has 15 heavy (non-hydrogen) atoms. The van der Waals surface area contributed by atoms with Crippen LogP contribution >= 0.6 is 0 Å². The van der Waals surface area contributed by atoms with Gasteiger partial charge < -0.3 is 4.74 Å². The summed E-state index contributed by atoms with van der Waals surface area (Å²) in [7, 11) is 0. The second kappa shape index (κ2) is 4.43. The zero-order chi connectivity index (χ0) is 10.7. The Hall–Kier alpha value is -1.38. The molecule has 0 saturated heterocycles. The van der Waals surface area contributed by atoms with E-state index in [1.54, 1.807) is 6.07 Å². The van der Waals surface area contributed by atoms with Crippen molar-refractivity contribution in [3.63, 3.8) is 0 Å². The van der Waals surface area contributed by atoms with E-state index in [2.05, 4.69) is 11.4 Å². The van der Waals surface area contributed by atoms with Crippen LogP contribution in [0.3, 0.4) is 0 Å². The summed E-state index contributed by atoms with van der Waals surface area (Å²) in [5, 5.41) is 0. The van der Waals surface area contributed by atoms with Crippen LogP contribution in [-0.4, -0.2) is 19.0 Å². The maximum absolute atomic E-state index is 13.4. The zero-order valence-electron chi connectivity index (χ0n) is 8.61. The first-order chi connectivity index (χ1) is 7.27. The summed E-state index contributed by atoms with van der Waals surface area (Å²) < 4.78 is 18.4. The molecule has 0 amide bonds. The minimum Gasteiger partial charge on any atom is -0.472 e. The molecule has 0 aromatic heterocycles. The predicted octanol–water partition coefficient (Wildman–Crippen LogP) is 2.62. The van der Waals surface area contributed by atoms with Gasteiger partial charge in [0.1, 0.15) is 12.4 Å². The molecule has 0 saturated carbocycles. The van der Waals surface area contributed by atoms with Crippen LogP contribution < -0.4 is 0 Å². The first kappa shape index (κ1) is 10.1. The molecule has 0 N–H and O–H groups in total. The predicted molar refractivity (Wildman–Crippen MR) is 56.6 cm³/mol. The van der Waals surface area contributed by atoms with Gasteiger partial charge in [0.05, 0.1) is 6.04 Å². The Balaban J connectivity index is 2.04. The van der Waals surface area contributed by atoms with Crippen molar-refractivity contribution in [1.29, 1.82) is 0 Å². The third-order valence-electron chi connectivity index (χ3n) is 2.64. The number of benzene rings is 1. The van der Waals surface area contributed by atoms with Crippen molar-refractivity contribution >= 4 is 6.40 Å². The highest BCUT2D eigenvalue weighted by atomic mass is 19.1. The van der Waals surface area contributed by atoms with E-state index in [1.165, 1.54) is 6.07 Å². The standard InChI is InChI=1S/C12H13FNO/c1-9(6-10-7-15-8-14-10)11-4-2-3-5-12(11)13/h2-5,9-10H,6-7H2,1H3. The van der Waals surface area contributed by atoms with Crippen molar-refractivity contribution < 1.29 is 9.13 Å². The Morgan fingerprint density at radius 1 is 1.60 bits per heavy atom. The molecule has 1 aliphatic rings. The molecule has 0 bridgehead atoms. The van der Waals surface area contributed by atoms with E-state index in [9.17, 15) is 4.39 Å².